The zero-order chi connectivity index (χ0) is 48.2. The van der Waals surface area contributed by atoms with Crippen molar-refractivity contribution in [2.24, 2.45) is 0 Å². The van der Waals surface area contributed by atoms with Crippen LogP contribution in [0.25, 0.3) is 0 Å². The van der Waals surface area contributed by atoms with Crippen molar-refractivity contribution in [1.29, 1.82) is 0 Å². The summed E-state index contributed by atoms with van der Waals surface area (Å²) in [6.07, 6.45) is 32.3. The van der Waals surface area contributed by atoms with Crippen molar-refractivity contribution in [2.45, 2.75) is 216 Å². The number of aliphatic hydroxyl groups is 8. The van der Waals surface area contributed by atoms with Crippen LogP contribution < -0.4 is 5.32 Å². The van der Waals surface area contributed by atoms with Gasteiger partial charge in [-0.15, -0.1) is 0 Å². The summed E-state index contributed by atoms with van der Waals surface area (Å²) in [5.74, 6) is -0.267. The van der Waals surface area contributed by atoms with E-state index < -0.39 is 86.8 Å². The second-order valence-corrected chi connectivity index (χ2v) is 17.2. The first-order valence-corrected chi connectivity index (χ1v) is 24.8. The molecule has 2 rings (SSSR count). The van der Waals surface area contributed by atoms with Gasteiger partial charge in [-0.05, 0) is 77.6 Å². The van der Waals surface area contributed by atoms with E-state index in [-0.39, 0.29) is 18.9 Å². The van der Waals surface area contributed by atoms with E-state index in [2.05, 4.69) is 79.1 Å². The molecule has 378 valence electrons. The lowest BCUT2D eigenvalue weighted by Gasteiger charge is -2.46. The van der Waals surface area contributed by atoms with Crippen LogP contribution in [-0.4, -0.2) is 140 Å². The van der Waals surface area contributed by atoms with E-state index in [0.717, 1.165) is 70.6 Å². The van der Waals surface area contributed by atoms with E-state index in [1.165, 1.54) is 38.5 Å². The molecule has 2 heterocycles. The Hall–Kier alpha value is -2.83. The number of aliphatic hydroxyl groups excluding tert-OH is 8. The van der Waals surface area contributed by atoms with Gasteiger partial charge in [-0.25, -0.2) is 0 Å². The summed E-state index contributed by atoms with van der Waals surface area (Å²) >= 11 is 0. The average Bonchev–Trinajstić information content (AvgIpc) is 3.31. The van der Waals surface area contributed by atoms with Crippen molar-refractivity contribution in [2.75, 3.05) is 19.8 Å². The first-order valence-electron chi connectivity index (χ1n) is 24.8. The molecule has 0 aromatic rings. The van der Waals surface area contributed by atoms with Gasteiger partial charge in [0.1, 0.15) is 48.8 Å². The number of carbonyl (C=O) groups is 1. The standard InChI is InChI=1S/C52H87NO13/c1-3-5-7-9-11-13-14-15-16-17-18-19-20-21-22-23-24-25-26-28-30-32-34-36-44(57)53-40(41(56)35-33-31-29-27-12-10-8-6-4-2)39-63-51-49(62)47(60)50(43(38-55)65-51)66-52-48(61)46(59)45(58)42(37-54)64-52/h4-7,11-13,15-16,18-19,27,33,35,40-43,45-52,54-56,58-62H,3,8-10,14,17,20-26,28-32,34,36-39H2,1-2H3,(H,53,57)/b6-4+,7-5-,13-11-,16-15-,19-18-,27-12+,35-33+. The zero-order valence-corrected chi connectivity index (χ0v) is 39.9. The van der Waals surface area contributed by atoms with Gasteiger partial charge in [0, 0.05) is 6.42 Å². The maximum Gasteiger partial charge on any atom is 0.220 e. The summed E-state index contributed by atoms with van der Waals surface area (Å²) in [7, 11) is 0. The summed E-state index contributed by atoms with van der Waals surface area (Å²) < 4.78 is 22.6. The normalized spacial score (nSPS) is 27.5. The van der Waals surface area contributed by atoms with Gasteiger partial charge in [-0.3, -0.25) is 4.79 Å². The number of ether oxygens (including phenoxy) is 4. The molecule has 0 aromatic carbocycles. The highest BCUT2D eigenvalue weighted by Crippen LogP contribution is 2.30. The first kappa shape index (κ1) is 59.3. The van der Waals surface area contributed by atoms with Crippen LogP contribution >= 0.6 is 0 Å². The molecule has 0 radical (unpaired) electrons. The van der Waals surface area contributed by atoms with Crippen LogP contribution in [0, 0.1) is 0 Å². The predicted molar refractivity (Wildman–Crippen MR) is 258 cm³/mol. The third kappa shape index (κ3) is 25.0. The molecule has 12 atom stereocenters. The first-order chi connectivity index (χ1) is 32.1. The van der Waals surface area contributed by atoms with E-state index in [1.54, 1.807) is 6.08 Å². The number of allylic oxidation sites excluding steroid dienone is 13. The van der Waals surface area contributed by atoms with Crippen molar-refractivity contribution in [3.8, 4) is 0 Å². The van der Waals surface area contributed by atoms with Gasteiger partial charge in [-0.2, -0.15) is 0 Å². The highest BCUT2D eigenvalue weighted by molar-refractivity contribution is 5.76. The fourth-order valence-electron chi connectivity index (χ4n) is 7.61. The average molecular weight is 934 g/mol. The SMILES string of the molecule is C/C=C/CC/C=C/CC/C=C/C(O)C(COC1OC(CO)C(OC2OC(CO)C(O)C(O)C2O)C(O)C1O)NC(=O)CCCCCCCCCCCC/C=C\C/C=C\C/C=C\C/C=C\CC. The van der Waals surface area contributed by atoms with Crippen LogP contribution in [0.3, 0.4) is 0 Å². The minimum Gasteiger partial charge on any atom is -0.394 e. The minimum absolute atomic E-state index is 0.259. The van der Waals surface area contributed by atoms with Crippen LogP contribution in [0.1, 0.15) is 142 Å². The largest absolute Gasteiger partial charge is 0.394 e. The summed E-state index contributed by atoms with van der Waals surface area (Å²) in [5, 5.41) is 86.5. The summed E-state index contributed by atoms with van der Waals surface area (Å²) in [4.78, 5) is 13.1. The van der Waals surface area contributed by atoms with Gasteiger partial charge in [0.2, 0.25) is 5.91 Å². The predicted octanol–water partition coefficient (Wildman–Crippen LogP) is 6.21. The Morgan fingerprint density at radius 1 is 0.576 bits per heavy atom. The van der Waals surface area contributed by atoms with Crippen LogP contribution in [0.4, 0.5) is 0 Å². The molecule has 0 aliphatic carbocycles. The summed E-state index contributed by atoms with van der Waals surface area (Å²) in [6.45, 7) is 2.38. The molecule has 66 heavy (non-hydrogen) atoms. The van der Waals surface area contributed by atoms with Crippen molar-refractivity contribution in [3.63, 3.8) is 0 Å². The Kier molecular flexibility index (Phi) is 34.2. The van der Waals surface area contributed by atoms with Gasteiger partial charge < -0.3 is 65.1 Å². The molecule has 0 saturated carbocycles. The number of nitrogens with one attached hydrogen (secondary N) is 1. The van der Waals surface area contributed by atoms with E-state index >= 15 is 0 Å². The van der Waals surface area contributed by atoms with E-state index in [4.69, 9.17) is 18.9 Å². The number of rotatable bonds is 36. The molecule has 1 amide bonds. The molecule has 2 saturated heterocycles. The van der Waals surface area contributed by atoms with Gasteiger partial charge >= 0.3 is 0 Å². The highest BCUT2D eigenvalue weighted by atomic mass is 16.7. The highest BCUT2D eigenvalue weighted by Gasteiger charge is 2.51. The van der Waals surface area contributed by atoms with Crippen molar-refractivity contribution in [3.05, 3.63) is 85.1 Å². The third-order valence-corrected chi connectivity index (χ3v) is 11.6. The van der Waals surface area contributed by atoms with E-state index in [9.17, 15) is 45.6 Å². The van der Waals surface area contributed by atoms with Crippen LogP contribution in [0.2, 0.25) is 0 Å². The van der Waals surface area contributed by atoms with E-state index in [1.807, 2.05) is 19.1 Å². The molecule has 9 N–H and O–H groups in total. The lowest BCUT2D eigenvalue weighted by molar-refractivity contribution is -0.359. The quantitative estimate of drug-likeness (QED) is 0.0252. The lowest BCUT2D eigenvalue weighted by Crippen LogP contribution is -2.65. The molecule has 2 fully saturated rings. The molecular formula is C52H87NO13. The van der Waals surface area contributed by atoms with Gasteiger partial charge in [0.15, 0.2) is 12.6 Å². The number of unbranched alkanes of at least 4 members (excludes halogenated alkanes) is 12. The second kappa shape index (κ2) is 38.1. The minimum atomic E-state index is -1.79. The zero-order valence-electron chi connectivity index (χ0n) is 39.9. The molecule has 2 aliphatic rings. The molecule has 2 aliphatic heterocycles. The molecule has 0 aromatic heterocycles. The van der Waals surface area contributed by atoms with Gasteiger partial charge in [-0.1, -0.05) is 143 Å². The number of carbonyl (C=O) groups excluding carboxylic acids is 1. The topological polar surface area (TPSA) is 228 Å². The second-order valence-electron chi connectivity index (χ2n) is 17.2. The Labute approximate surface area is 395 Å². The monoisotopic (exact) mass is 934 g/mol. The van der Waals surface area contributed by atoms with E-state index in [0.29, 0.717) is 12.8 Å². The maximum absolute atomic E-state index is 13.1. The summed E-state index contributed by atoms with van der Waals surface area (Å²) in [6, 6.07) is -0.942. The maximum atomic E-state index is 13.1. The lowest BCUT2D eigenvalue weighted by atomic mass is 9.97. The Morgan fingerprint density at radius 2 is 1.08 bits per heavy atom. The summed E-state index contributed by atoms with van der Waals surface area (Å²) in [5.41, 5.74) is 0. The molecule has 14 heteroatoms. The number of hydrogen-bond donors (Lipinski definition) is 9. The van der Waals surface area contributed by atoms with Crippen molar-refractivity contribution < 1.29 is 64.6 Å². The van der Waals surface area contributed by atoms with Crippen LogP contribution in [-0.2, 0) is 23.7 Å². The van der Waals surface area contributed by atoms with Crippen LogP contribution in [0.15, 0.2) is 85.1 Å². The fourth-order valence-corrected chi connectivity index (χ4v) is 7.61. The van der Waals surface area contributed by atoms with Crippen molar-refractivity contribution in [1.82, 2.24) is 5.32 Å². The molecule has 12 unspecified atom stereocenters. The van der Waals surface area contributed by atoms with Crippen molar-refractivity contribution >= 4 is 5.91 Å². The fraction of sp³-hybridized carbons (Fsp3) is 0.712. The molecular weight excluding hydrogens is 847 g/mol. The number of amides is 1. The van der Waals surface area contributed by atoms with Gasteiger partial charge in [0.25, 0.3) is 0 Å². The Morgan fingerprint density at radius 3 is 1.67 bits per heavy atom. The molecule has 0 bridgehead atoms. The smallest absolute Gasteiger partial charge is 0.220 e. The Bertz CT molecular complexity index is 1430. The molecule has 14 nitrogen and oxygen atoms in total. The number of hydrogen-bond acceptors (Lipinski definition) is 13. The third-order valence-electron chi connectivity index (χ3n) is 11.6. The molecule has 0 spiro atoms. The van der Waals surface area contributed by atoms with Crippen LogP contribution in [0.5, 0.6) is 0 Å². The Balaban J connectivity index is 1.77. The van der Waals surface area contributed by atoms with Gasteiger partial charge in [0.05, 0.1) is 32.0 Å².